The number of halogens is 2. The van der Waals surface area contributed by atoms with Crippen molar-refractivity contribution in [3.63, 3.8) is 0 Å². The van der Waals surface area contributed by atoms with Crippen LogP contribution in [0.3, 0.4) is 0 Å². The van der Waals surface area contributed by atoms with Crippen LogP contribution >= 0.6 is 11.6 Å². The lowest BCUT2D eigenvalue weighted by Crippen LogP contribution is -2.20. The molecule has 0 heterocycles. The van der Waals surface area contributed by atoms with E-state index in [2.05, 4.69) is 5.32 Å². The third-order valence-corrected chi connectivity index (χ3v) is 3.18. The second-order valence-corrected chi connectivity index (χ2v) is 4.92. The van der Waals surface area contributed by atoms with Crippen molar-refractivity contribution in [3.8, 4) is 17.2 Å². The zero-order chi connectivity index (χ0) is 16.8. The monoisotopic (exact) mass is 339 g/mol. The van der Waals surface area contributed by atoms with E-state index in [4.69, 9.17) is 25.8 Å². The third kappa shape index (κ3) is 4.75. The standard InChI is InChI=1S/C16H15ClFNO4/c1-21-12-6-11(7-13(8-12)22-2)19-16(20)9-23-15-4-3-10(18)5-14(15)17/h3-8H,9H2,1-2H3,(H,19,20). The van der Waals surface area contributed by atoms with Crippen LogP contribution in [0.4, 0.5) is 10.1 Å². The number of anilines is 1. The number of rotatable bonds is 6. The quantitative estimate of drug-likeness (QED) is 0.875. The molecular formula is C16H15ClFNO4. The Morgan fingerprint density at radius 2 is 1.78 bits per heavy atom. The summed E-state index contributed by atoms with van der Waals surface area (Å²) in [6, 6.07) is 8.65. The van der Waals surface area contributed by atoms with Crippen LogP contribution in [0.5, 0.6) is 17.2 Å². The summed E-state index contributed by atoms with van der Waals surface area (Å²) in [5.74, 6) is 0.437. The lowest BCUT2D eigenvalue weighted by atomic mass is 10.2. The molecule has 0 atom stereocenters. The van der Waals surface area contributed by atoms with Gasteiger partial charge in [0.15, 0.2) is 6.61 Å². The maximum absolute atomic E-state index is 12.9. The summed E-state index contributed by atoms with van der Waals surface area (Å²) in [6.07, 6.45) is 0. The molecule has 0 aliphatic heterocycles. The Morgan fingerprint density at radius 1 is 1.13 bits per heavy atom. The summed E-state index contributed by atoms with van der Waals surface area (Å²) < 4.78 is 28.4. The lowest BCUT2D eigenvalue weighted by Gasteiger charge is -2.11. The van der Waals surface area contributed by atoms with E-state index in [1.54, 1.807) is 18.2 Å². The zero-order valence-corrected chi connectivity index (χ0v) is 13.3. The summed E-state index contributed by atoms with van der Waals surface area (Å²) in [5, 5.41) is 2.75. The number of carbonyl (C=O) groups is 1. The molecule has 0 fully saturated rings. The molecule has 2 rings (SSSR count). The largest absolute Gasteiger partial charge is 0.497 e. The molecule has 2 aromatic carbocycles. The summed E-state index contributed by atoms with van der Waals surface area (Å²) in [6.45, 7) is -0.273. The Balaban J connectivity index is 1.99. The fourth-order valence-corrected chi connectivity index (χ4v) is 2.03. The SMILES string of the molecule is COc1cc(NC(=O)COc2ccc(F)cc2Cl)cc(OC)c1. The van der Waals surface area contributed by atoms with E-state index in [-0.39, 0.29) is 17.4 Å². The third-order valence-electron chi connectivity index (χ3n) is 2.89. The molecule has 0 aromatic heterocycles. The second kappa shape index (κ2) is 7.69. The van der Waals surface area contributed by atoms with Crippen LogP contribution in [0.25, 0.3) is 0 Å². The van der Waals surface area contributed by atoms with E-state index in [0.717, 1.165) is 6.07 Å². The summed E-state index contributed by atoms with van der Waals surface area (Å²) >= 11 is 5.82. The Hall–Kier alpha value is -2.47. The molecule has 0 aliphatic rings. The van der Waals surface area contributed by atoms with Crippen molar-refractivity contribution < 1.29 is 23.4 Å². The number of nitrogens with one attached hydrogen (secondary N) is 1. The van der Waals surface area contributed by atoms with Crippen LogP contribution in [-0.2, 0) is 4.79 Å². The number of amides is 1. The molecule has 5 nitrogen and oxygen atoms in total. The van der Waals surface area contributed by atoms with Gasteiger partial charge in [-0.2, -0.15) is 0 Å². The molecule has 0 unspecified atom stereocenters. The molecular weight excluding hydrogens is 325 g/mol. The Labute approximate surface area is 137 Å². The predicted molar refractivity (Wildman–Crippen MR) is 85.1 cm³/mol. The van der Waals surface area contributed by atoms with Crippen LogP contribution < -0.4 is 19.5 Å². The minimum Gasteiger partial charge on any atom is -0.497 e. The van der Waals surface area contributed by atoms with Gasteiger partial charge in [0.1, 0.15) is 23.1 Å². The summed E-state index contributed by atoms with van der Waals surface area (Å²) in [7, 11) is 3.03. The Morgan fingerprint density at radius 3 is 2.35 bits per heavy atom. The highest BCUT2D eigenvalue weighted by Gasteiger charge is 2.09. The van der Waals surface area contributed by atoms with Gasteiger partial charge in [0, 0.05) is 23.9 Å². The molecule has 0 saturated heterocycles. The number of hydrogen-bond donors (Lipinski definition) is 1. The topological polar surface area (TPSA) is 56.8 Å². The van der Waals surface area contributed by atoms with Crippen molar-refractivity contribution in [2.24, 2.45) is 0 Å². The molecule has 122 valence electrons. The van der Waals surface area contributed by atoms with Gasteiger partial charge in [-0.15, -0.1) is 0 Å². The lowest BCUT2D eigenvalue weighted by molar-refractivity contribution is -0.118. The van der Waals surface area contributed by atoms with Crippen molar-refractivity contribution in [2.45, 2.75) is 0 Å². The maximum Gasteiger partial charge on any atom is 0.262 e. The molecule has 2 aromatic rings. The number of methoxy groups -OCH3 is 2. The molecule has 0 saturated carbocycles. The molecule has 0 aliphatic carbocycles. The average molecular weight is 340 g/mol. The van der Waals surface area contributed by atoms with Gasteiger partial charge in [0.05, 0.1) is 19.2 Å². The van der Waals surface area contributed by atoms with Gasteiger partial charge in [0.2, 0.25) is 0 Å². The zero-order valence-electron chi connectivity index (χ0n) is 12.6. The maximum atomic E-state index is 12.9. The van der Waals surface area contributed by atoms with Gasteiger partial charge in [-0.25, -0.2) is 4.39 Å². The first-order valence-electron chi connectivity index (χ1n) is 6.62. The summed E-state index contributed by atoms with van der Waals surface area (Å²) in [4.78, 5) is 11.9. The number of benzene rings is 2. The molecule has 23 heavy (non-hydrogen) atoms. The van der Waals surface area contributed by atoms with Gasteiger partial charge in [0.25, 0.3) is 5.91 Å². The number of ether oxygens (including phenoxy) is 3. The highest BCUT2D eigenvalue weighted by molar-refractivity contribution is 6.32. The Kier molecular flexibility index (Phi) is 5.65. The van der Waals surface area contributed by atoms with E-state index in [1.807, 2.05) is 0 Å². The predicted octanol–water partition coefficient (Wildman–Crippen LogP) is 3.51. The highest BCUT2D eigenvalue weighted by Crippen LogP contribution is 2.26. The average Bonchev–Trinajstić information content (AvgIpc) is 2.53. The summed E-state index contributed by atoms with van der Waals surface area (Å²) in [5.41, 5.74) is 0.500. The first-order valence-corrected chi connectivity index (χ1v) is 7.00. The van der Waals surface area contributed by atoms with E-state index >= 15 is 0 Å². The molecule has 0 radical (unpaired) electrons. The second-order valence-electron chi connectivity index (χ2n) is 4.51. The van der Waals surface area contributed by atoms with Crippen molar-refractivity contribution >= 4 is 23.2 Å². The molecule has 1 amide bonds. The fourth-order valence-electron chi connectivity index (χ4n) is 1.81. The first kappa shape index (κ1) is 16.9. The van der Waals surface area contributed by atoms with Crippen molar-refractivity contribution in [2.75, 3.05) is 26.1 Å². The van der Waals surface area contributed by atoms with Gasteiger partial charge >= 0.3 is 0 Å². The van der Waals surface area contributed by atoms with E-state index in [9.17, 15) is 9.18 Å². The van der Waals surface area contributed by atoms with Gasteiger partial charge in [-0.3, -0.25) is 4.79 Å². The normalized spacial score (nSPS) is 10.1. The van der Waals surface area contributed by atoms with Gasteiger partial charge < -0.3 is 19.5 Å². The number of carbonyl (C=O) groups excluding carboxylic acids is 1. The van der Waals surface area contributed by atoms with Crippen LogP contribution in [0.15, 0.2) is 36.4 Å². The van der Waals surface area contributed by atoms with Crippen molar-refractivity contribution in [3.05, 3.63) is 47.2 Å². The molecule has 7 heteroatoms. The molecule has 0 bridgehead atoms. The molecule has 1 N–H and O–H groups in total. The first-order chi connectivity index (χ1) is 11.0. The van der Waals surface area contributed by atoms with Crippen molar-refractivity contribution in [1.82, 2.24) is 0 Å². The van der Waals surface area contributed by atoms with Gasteiger partial charge in [-0.05, 0) is 18.2 Å². The minimum absolute atomic E-state index is 0.0980. The van der Waals surface area contributed by atoms with Crippen LogP contribution in [0.1, 0.15) is 0 Å². The van der Waals surface area contributed by atoms with Crippen LogP contribution in [-0.4, -0.2) is 26.7 Å². The highest BCUT2D eigenvalue weighted by atomic mass is 35.5. The van der Waals surface area contributed by atoms with Crippen molar-refractivity contribution in [1.29, 1.82) is 0 Å². The van der Waals surface area contributed by atoms with E-state index in [0.29, 0.717) is 17.2 Å². The van der Waals surface area contributed by atoms with Gasteiger partial charge in [-0.1, -0.05) is 11.6 Å². The van der Waals surface area contributed by atoms with Crippen LogP contribution in [0.2, 0.25) is 5.02 Å². The number of hydrogen-bond acceptors (Lipinski definition) is 4. The minimum atomic E-state index is -0.477. The Bertz CT molecular complexity index is 686. The molecule has 0 spiro atoms. The smallest absolute Gasteiger partial charge is 0.262 e. The van der Waals surface area contributed by atoms with E-state index in [1.165, 1.54) is 26.4 Å². The van der Waals surface area contributed by atoms with Crippen LogP contribution in [0, 0.1) is 5.82 Å². The van der Waals surface area contributed by atoms with E-state index < -0.39 is 11.7 Å². The fraction of sp³-hybridized carbons (Fsp3) is 0.188.